The highest BCUT2D eigenvalue weighted by atomic mass is 32.1. The summed E-state index contributed by atoms with van der Waals surface area (Å²) in [5.41, 5.74) is 1.26. The molecule has 0 saturated heterocycles. The molecule has 1 heterocycles. The second kappa shape index (κ2) is 7.01. The Labute approximate surface area is 119 Å². The third-order valence-electron chi connectivity index (χ3n) is 2.87. The lowest BCUT2D eigenvalue weighted by molar-refractivity contribution is -0.140. The molecule has 0 aliphatic carbocycles. The number of carbonyl (C=O) groups excluding carboxylic acids is 1. The van der Waals surface area contributed by atoms with E-state index < -0.39 is 0 Å². The van der Waals surface area contributed by atoms with E-state index in [-0.39, 0.29) is 11.4 Å². The first-order chi connectivity index (χ1) is 8.82. The Morgan fingerprint density at radius 1 is 1.47 bits per heavy atom. The van der Waals surface area contributed by atoms with Crippen LogP contribution in [0.5, 0.6) is 0 Å². The second-order valence-corrected chi connectivity index (χ2v) is 6.74. The van der Waals surface area contributed by atoms with E-state index in [9.17, 15) is 4.79 Å². The number of thiazole rings is 1. The molecule has 5 heteroatoms. The topological polar surface area (TPSA) is 42.4 Å². The van der Waals surface area contributed by atoms with Gasteiger partial charge in [-0.05, 0) is 20.0 Å². The van der Waals surface area contributed by atoms with Gasteiger partial charge in [0.25, 0.3) is 0 Å². The summed E-state index contributed by atoms with van der Waals surface area (Å²) in [6.45, 7) is 8.23. The zero-order valence-electron chi connectivity index (χ0n) is 12.5. The summed E-state index contributed by atoms with van der Waals surface area (Å²) in [6.07, 6.45) is 1.30. The number of rotatable bonds is 6. The van der Waals surface area contributed by atoms with Gasteiger partial charge in [-0.3, -0.25) is 9.69 Å². The predicted octanol–water partition coefficient (Wildman–Crippen LogP) is 2.83. The van der Waals surface area contributed by atoms with Gasteiger partial charge in [-0.2, -0.15) is 0 Å². The Bertz CT molecular complexity index is 410. The number of ether oxygens (including phenoxy) is 1. The van der Waals surface area contributed by atoms with Crippen LogP contribution in [0.2, 0.25) is 0 Å². The van der Waals surface area contributed by atoms with Crippen LogP contribution in [0.3, 0.4) is 0 Å². The smallest absolute Gasteiger partial charge is 0.305 e. The quantitative estimate of drug-likeness (QED) is 0.753. The number of methoxy groups -OCH3 is 1. The maximum absolute atomic E-state index is 11.0. The predicted molar refractivity (Wildman–Crippen MR) is 78.4 cm³/mol. The summed E-state index contributed by atoms with van der Waals surface area (Å²) in [7, 11) is 3.48. The van der Waals surface area contributed by atoms with Crippen LogP contribution >= 0.6 is 11.3 Å². The van der Waals surface area contributed by atoms with Crippen LogP contribution in [0.25, 0.3) is 0 Å². The fraction of sp³-hybridized carbons (Fsp3) is 0.714. The lowest BCUT2D eigenvalue weighted by atomic mass is 9.93. The number of carbonyl (C=O) groups is 1. The largest absolute Gasteiger partial charge is 0.469 e. The molecule has 0 saturated carbocycles. The van der Waals surface area contributed by atoms with Gasteiger partial charge in [0, 0.05) is 17.2 Å². The number of esters is 1. The average molecular weight is 284 g/mol. The monoisotopic (exact) mass is 284 g/mol. The molecule has 0 aliphatic rings. The van der Waals surface area contributed by atoms with Gasteiger partial charge < -0.3 is 4.74 Å². The van der Waals surface area contributed by atoms with E-state index in [4.69, 9.17) is 0 Å². The SMILES string of the molecule is COC(=O)CCCN(C)Cc1nc(C(C)(C)C)cs1. The van der Waals surface area contributed by atoms with Crippen molar-refractivity contribution in [1.82, 2.24) is 9.88 Å². The third-order valence-corrected chi connectivity index (χ3v) is 3.71. The van der Waals surface area contributed by atoms with Gasteiger partial charge in [0.2, 0.25) is 0 Å². The van der Waals surface area contributed by atoms with Crippen molar-refractivity contribution >= 4 is 17.3 Å². The molecule has 1 rings (SSSR count). The Morgan fingerprint density at radius 3 is 2.68 bits per heavy atom. The zero-order valence-corrected chi connectivity index (χ0v) is 13.3. The van der Waals surface area contributed by atoms with Crippen molar-refractivity contribution in [2.75, 3.05) is 20.7 Å². The minimum absolute atomic E-state index is 0.109. The molecular weight excluding hydrogens is 260 g/mol. The van der Waals surface area contributed by atoms with Crippen LogP contribution in [0.15, 0.2) is 5.38 Å². The lowest BCUT2D eigenvalue weighted by Gasteiger charge is -2.16. The summed E-state index contributed by atoms with van der Waals surface area (Å²) in [5.74, 6) is -0.141. The summed E-state index contributed by atoms with van der Waals surface area (Å²) >= 11 is 1.70. The molecule has 4 nitrogen and oxygen atoms in total. The van der Waals surface area contributed by atoms with E-state index >= 15 is 0 Å². The minimum atomic E-state index is -0.141. The normalized spacial score (nSPS) is 11.9. The molecule has 0 spiro atoms. The molecule has 0 aromatic carbocycles. The van der Waals surface area contributed by atoms with E-state index in [1.54, 1.807) is 11.3 Å². The van der Waals surface area contributed by atoms with Gasteiger partial charge in [0.1, 0.15) is 5.01 Å². The van der Waals surface area contributed by atoms with Crippen LogP contribution < -0.4 is 0 Å². The van der Waals surface area contributed by atoms with Crippen molar-refractivity contribution in [2.45, 2.75) is 45.6 Å². The number of aromatic nitrogens is 1. The molecule has 19 heavy (non-hydrogen) atoms. The van der Waals surface area contributed by atoms with Gasteiger partial charge in [0.05, 0.1) is 19.3 Å². The molecule has 0 amide bonds. The molecule has 0 atom stereocenters. The fourth-order valence-corrected chi connectivity index (χ4v) is 2.73. The molecule has 0 fully saturated rings. The highest BCUT2D eigenvalue weighted by Crippen LogP contribution is 2.24. The standard InChI is InChI=1S/C14H24N2O2S/c1-14(2,3)11-10-19-12(15-11)9-16(4)8-6-7-13(17)18-5/h10H,6-9H2,1-5H3. The maximum atomic E-state index is 11.0. The van der Waals surface area contributed by atoms with Gasteiger partial charge in [-0.1, -0.05) is 20.8 Å². The first kappa shape index (κ1) is 16.1. The van der Waals surface area contributed by atoms with Gasteiger partial charge in [0.15, 0.2) is 0 Å². The zero-order chi connectivity index (χ0) is 14.5. The van der Waals surface area contributed by atoms with E-state index in [1.165, 1.54) is 7.11 Å². The Morgan fingerprint density at radius 2 is 2.16 bits per heavy atom. The van der Waals surface area contributed by atoms with Gasteiger partial charge >= 0.3 is 5.97 Å². The highest BCUT2D eigenvalue weighted by Gasteiger charge is 2.17. The summed E-state index contributed by atoms with van der Waals surface area (Å²) in [6, 6.07) is 0. The van der Waals surface area contributed by atoms with Crippen molar-refractivity contribution in [3.8, 4) is 0 Å². The third kappa shape index (κ3) is 5.70. The summed E-state index contributed by atoms with van der Waals surface area (Å²) in [5, 5.41) is 3.27. The number of nitrogens with zero attached hydrogens (tertiary/aromatic N) is 2. The van der Waals surface area contributed by atoms with Crippen molar-refractivity contribution < 1.29 is 9.53 Å². The maximum Gasteiger partial charge on any atom is 0.305 e. The van der Waals surface area contributed by atoms with Crippen molar-refractivity contribution in [2.24, 2.45) is 0 Å². The number of hydrogen-bond acceptors (Lipinski definition) is 5. The molecule has 0 N–H and O–H groups in total. The average Bonchev–Trinajstić information content (AvgIpc) is 2.77. The number of hydrogen-bond donors (Lipinski definition) is 0. The van der Waals surface area contributed by atoms with Gasteiger partial charge in [-0.25, -0.2) is 4.98 Å². The molecule has 108 valence electrons. The van der Waals surface area contributed by atoms with E-state index in [0.29, 0.717) is 6.42 Å². The highest BCUT2D eigenvalue weighted by molar-refractivity contribution is 7.09. The second-order valence-electron chi connectivity index (χ2n) is 5.79. The van der Waals surface area contributed by atoms with E-state index in [0.717, 1.165) is 30.2 Å². The van der Waals surface area contributed by atoms with Crippen molar-refractivity contribution in [3.63, 3.8) is 0 Å². The molecular formula is C14H24N2O2S. The Kier molecular flexibility index (Phi) is 5.94. The van der Waals surface area contributed by atoms with Crippen LogP contribution in [0, 0.1) is 0 Å². The van der Waals surface area contributed by atoms with Crippen LogP contribution in [0.4, 0.5) is 0 Å². The Balaban J connectivity index is 2.38. The van der Waals surface area contributed by atoms with E-state index in [1.807, 2.05) is 0 Å². The first-order valence-electron chi connectivity index (χ1n) is 6.53. The van der Waals surface area contributed by atoms with Crippen molar-refractivity contribution in [1.29, 1.82) is 0 Å². The summed E-state index contributed by atoms with van der Waals surface area (Å²) < 4.78 is 4.62. The van der Waals surface area contributed by atoms with Gasteiger partial charge in [-0.15, -0.1) is 11.3 Å². The van der Waals surface area contributed by atoms with Crippen molar-refractivity contribution in [3.05, 3.63) is 16.1 Å². The van der Waals surface area contributed by atoms with E-state index in [2.05, 4.69) is 47.8 Å². The lowest BCUT2D eigenvalue weighted by Crippen LogP contribution is -2.20. The summed E-state index contributed by atoms with van der Waals surface area (Å²) in [4.78, 5) is 17.9. The molecule has 0 unspecified atom stereocenters. The first-order valence-corrected chi connectivity index (χ1v) is 7.41. The molecule has 0 bridgehead atoms. The fourth-order valence-electron chi connectivity index (χ4n) is 1.63. The van der Waals surface area contributed by atoms with Crippen LogP contribution in [0.1, 0.15) is 44.3 Å². The van der Waals surface area contributed by atoms with Crippen LogP contribution in [-0.4, -0.2) is 36.6 Å². The molecule has 1 aromatic rings. The van der Waals surface area contributed by atoms with Crippen LogP contribution in [-0.2, 0) is 21.5 Å². The minimum Gasteiger partial charge on any atom is -0.469 e. The molecule has 0 aliphatic heterocycles. The molecule has 1 aromatic heterocycles. The molecule has 0 radical (unpaired) electrons. The Hall–Kier alpha value is -0.940.